The first-order chi connectivity index (χ1) is 7.72. The molecule has 1 aromatic heterocycles. The van der Waals surface area contributed by atoms with E-state index in [-0.39, 0.29) is 5.82 Å². The van der Waals surface area contributed by atoms with Crippen LogP contribution >= 0.6 is 0 Å². The maximum atomic E-state index is 11.5. The van der Waals surface area contributed by atoms with Crippen molar-refractivity contribution in [3.8, 4) is 5.69 Å². The Morgan fingerprint density at radius 1 is 1.38 bits per heavy atom. The first kappa shape index (κ1) is 10.2. The van der Waals surface area contributed by atoms with Crippen LogP contribution < -0.4 is 11.0 Å². The second-order valence-corrected chi connectivity index (χ2v) is 3.11. The highest BCUT2D eigenvalue weighted by Crippen LogP contribution is 2.01. The van der Waals surface area contributed by atoms with E-state index >= 15 is 0 Å². The number of nitrogens with zero attached hydrogens (tertiary/aromatic N) is 2. The second kappa shape index (κ2) is 4.01. The van der Waals surface area contributed by atoms with E-state index in [0.717, 1.165) is 4.68 Å². The van der Waals surface area contributed by atoms with Crippen LogP contribution in [0, 0.1) is 0 Å². The summed E-state index contributed by atoms with van der Waals surface area (Å²) < 4.78 is 1.14. The minimum absolute atomic E-state index is 0.00338. The Bertz CT molecular complexity index is 556. The number of hydrogen-bond donors (Lipinski definition) is 2. The van der Waals surface area contributed by atoms with E-state index in [1.807, 2.05) is 6.07 Å². The number of nitrogens with one attached hydrogen (secondary N) is 2. The number of benzene rings is 1. The van der Waals surface area contributed by atoms with Crippen LogP contribution in [0.2, 0.25) is 0 Å². The Balaban J connectivity index is 2.48. The summed E-state index contributed by atoms with van der Waals surface area (Å²) in [4.78, 5) is 25.2. The van der Waals surface area contributed by atoms with Gasteiger partial charge in [0.15, 0.2) is 0 Å². The molecular weight excluding hydrogens is 208 g/mol. The molecule has 2 N–H and O–H groups in total. The lowest BCUT2D eigenvalue weighted by Crippen LogP contribution is -2.19. The maximum Gasteiger partial charge on any atom is 0.348 e. The van der Waals surface area contributed by atoms with Crippen LogP contribution in [0.4, 0.5) is 0 Å². The Morgan fingerprint density at radius 2 is 2.06 bits per heavy atom. The van der Waals surface area contributed by atoms with E-state index in [9.17, 15) is 9.59 Å². The van der Waals surface area contributed by atoms with Gasteiger partial charge < -0.3 is 5.32 Å². The van der Waals surface area contributed by atoms with Crippen molar-refractivity contribution in [2.24, 2.45) is 0 Å². The summed E-state index contributed by atoms with van der Waals surface area (Å²) >= 11 is 0. The molecule has 2 aromatic rings. The molecule has 1 amide bonds. The van der Waals surface area contributed by atoms with Gasteiger partial charge in [0.05, 0.1) is 5.69 Å². The summed E-state index contributed by atoms with van der Waals surface area (Å²) in [6.07, 6.45) is 0. The number of aromatic nitrogens is 3. The first-order valence-corrected chi connectivity index (χ1v) is 4.69. The Morgan fingerprint density at radius 3 is 2.69 bits per heavy atom. The van der Waals surface area contributed by atoms with Gasteiger partial charge in [0.1, 0.15) is 0 Å². The number of carbonyl (C=O) groups is 1. The van der Waals surface area contributed by atoms with E-state index in [1.165, 1.54) is 7.05 Å². The monoisotopic (exact) mass is 218 g/mol. The largest absolute Gasteiger partial charge is 0.352 e. The number of H-pyrrole nitrogens is 1. The third kappa shape index (κ3) is 1.72. The molecule has 6 heteroatoms. The SMILES string of the molecule is CNC(=O)c1nn(-c2ccccc2)c(=O)[nH]1. The average molecular weight is 218 g/mol. The summed E-state index contributed by atoms with van der Waals surface area (Å²) in [7, 11) is 1.47. The quantitative estimate of drug-likeness (QED) is 0.739. The van der Waals surface area contributed by atoms with Crippen molar-refractivity contribution in [1.29, 1.82) is 0 Å². The highest BCUT2D eigenvalue weighted by atomic mass is 16.2. The highest BCUT2D eigenvalue weighted by molar-refractivity contribution is 5.89. The molecule has 16 heavy (non-hydrogen) atoms. The lowest BCUT2D eigenvalue weighted by molar-refractivity contribution is 0.0953. The molecule has 0 unspecified atom stereocenters. The Kier molecular flexibility index (Phi) is 2.55. The van der Waals surface area contributed by atoms with Crippen LogP contribution in [0.5, 0.6) is 0 Å². The normalized spacial score (nSPS) is 10.1. The molecule has 0 saturated heterocycles. The molecule has 0 saturated carbocycles. The molecule has 1 aromatic carbocycles. The fraction of sp³-hybridized carbons (Fsp3) is 0.100. The van der Waals surface area contributed by atoms with Crippen molar-refractivity contribution in [3.05, 3.63) is 46.6 Å². The van der Waals surface area contributed by atoms with E-state index in [1.54, 1.807) is 24.3 Å². The molecule has 6 nitrogen and oxygen atoms in total. The zero-order valence-electron chi connectivity index (χ0n) is 8.60. The molecule has 82 valence electrons. The van der Waals surface area contributed by atoms with Crippen LogP contribution in [-0.2, 0) is 0 Å². The predicted molar refractivity (Wildman–Crippen MR) is 57.6 cm³/mol. The molecule has 0 aliphatic heterocycles. The van der Waals surface area contributed by atoms with Gasteiger partial charge in [-0.15, -0.1) is 5.10 Å². The molecule has 0 bridgehead atoms. The number of aromatic amines is 1. The molecule has 2 rings (SSSR count). The Labute approximate surface area is 90.9 Å². The number of carbonyl (C=O) groups excluding carboxylic acids is 1. The summed E-state index contributed by atoms with van der Waals surface area (Å²) in [5, 5.41) is 6.28. The highest BCUT2D eigenvalue weighted by Gasteiger charge is 2.11. The molecule has 0 spiro atoms. The van der Waals surface area contributed by atoms with Crippen LogP contribution in [0.15, 0.2) is 35.1 Å². The summed E-state index contributed by atoms with van der Waals surface area (Å²) in [6, 6.07) is 8.87. The topological polar surface area (TPSA) is 79.8 Å². The Hall–Kier alpha value is -2.37. The minimum Gasteiger partial charge on any atom is -0.352 e. The van der Waals surface area contributed by atoms with Gasteiger partial charge in [-0.1, -0.05) is 18.2 Å². The van der Waals surface area contributed by atoms with Gasteiger partial charge in [-0.25, -0.2) is 4.79 Å². The van der Waals surface area contributed by atoms with Crippen molar-refractivity contribution in [2.75, 3.05) is 7.05 Å². The standard InChI is InChI=1S/C10H10N4O2/c1-11-9(15)8-12-10(16)14(13-8)7-5-3-2-4-6-7/h2-6H,1H3,(H,11,15)(H,12,13,16). The zero-order chi connectivity index (χ0) is 11.5. The fourth-order valence-corrected chi connectivity index (χ4v) is 1.29. The molecular formula is C10H10N4O2. The van der Waals surface area contributed by atoms with Crippen molar-refractivity contribution in [1.82, 2.24) is 20.1 Å². The first-order valence-electron chi connectivity index (χ1n) is 4.69. The molecule has 0 aliphatic rings. The van der Waals surface area contributed by atoms with Crippen LogP contribution in [-0.4, -0.2) is 27.7 Å². The van der Waals surface area contributed by atoms with Crippen molar-refractivity contribution in [3.63, 3.8) is 0 Å². The van der Waals surface area contributed by atoms with E-state index in [4.69, 9.17) is 0 Å². The van der Waals surface area contributed by atoms with Crippen molar-refractivity contribution >= 4 is 5.91 Å². The van der Waals surface area contributed by atoms with Gasteiger partial charge in [-0.3, -0.25) is 9.78 Å². The lowest BCUT2D eigenvalue weighted by Gasteiger charge is -1.96. The summed E-state index contributed by atoms with van der Waals surface area (Å²) in [5.41, 5.74) is 0.170. The lowest BCUT2D eigenvalue weighted by atomic mass is 10.3. The van der Waals surface area contributed by atoms with Gasteiger partial charge in [-0.2, -0.15) is 4.68 Å². The predicted octanol–water partition coefficient (Wildman–Crippen LogP) is -0.0798. The van der Waals surface area contributed by atoms with Crippen LogP contribution in [0.3, 0.4) is 0 Å². The molecule has 0 aliphatic carbocycles. The van der Waals surface area contributed by atoms with E-state index in [2.05, 4.69) is 15.4 Å². The van der Waals surface area contributed by atoms with Gasteiger partial charge in [-0.05, 0) is 12.1 Å². The van der Waals surface area contributed by atoms with Gasteiger partial charge in [0, 0.05) is 7.05 Å². The van der Waals surface area contributed by atoms with Crippen molar-refractivity contribution in [2.45, 2.75) is 0 Å². The zero-order valence-corrected chi connectivity index (χ0v) is 8.60. The average Bonchev–Trinajstić information content (AvgIpc) is 2.71. The van der Waals surface area contributed by atoms with E-state index < -0.39 is 11.6 Å². The molecule has 0 fully saturated rings. The fourth-order valence-electron chi connectivity index (χ4n) is 1.29. The van der Waals surface area contributed by atoms with E-state index in [0.29, 0.717) is 5.69 Å². The van der Waals surface area contributed by atoms with Crippen LogP contribution in [0.1, 0.15) is 10.6 Å². The van der Waals surface area contributed by atoms with Crippen molar-refractivity contribution < 1.29 is 4.79 Å². The number of rotatable bonds is 2. The molecule has 0 radical (unpaired) electrons. The summed E-state index contributed by atoms with van der Waals surface area (Å²) in [6.45, 7) is 0. The number of amides is 1. The third-order valence-electron chi connectivity index (χ3n) is 2.06. The minimum atomic E-state index is -0.440. The number of para-hydroxylation sites is 1. The second-order valence-electron chi connectivity index (χ2n) is 3.11. The smallest absolute Gasteiger partial charge is 0.348 e. The van der Waals surface area contributed by atoms with Crippen LogP contribution in [0.25, 0.3) is 5.69 Å². The molecule has 1 heterocycles. The maximum absolute atomic E-state index is 11.5. The van der Waals surface area contributed by atoms with Gasteiger partial charge >= 0.3 is 5.69 Å². The summed E-state index contributed by atoms with van der Waals surface area (Å²) in [5.74, 6) is -0.428. The van der Waals surface area contributed by atoms with Gasteiger partial charge in [0.2, 0.25) is 5.82 Å². The van der Waals surface area contributed by atoms with Gasteiger partial charge in [0.25, 0.3) is 5.91 Å². The number of hydrogen-bond acceptors (Lipinski definition) is 3. The third-order valence-corrected chi connectivity index (χ3v) is 2.06. The molecule has 0 atom stereocenters.